The van der Waals surface area contributed by atoms with E-state index < -0.39 is 6.10 Å². The zero-order valence-electron chi connectivity index (χ0n) is 15.9. The standard InChI is InChI=1S/C22H20ClFN2O3/c1-14(22(27)26-8-10-28-11-9-26)29-16-3-5-19-17(6-7-25-21(19)13-16)18-4-2-15(24)12-20(18)23/h2-7,12-14H,8-11H2,1H3/t14-/m1/s1. The second-order valence-electron chi connectivity index (χ2n) is 6.86. The van der Waals surface area contributed by atoms with Crippen LogP contribution < -0.4 is 4.74 Å². The van der Waals surface area contributed by atoms with Gasteiger partial charge in [-0.25, -0.2) is 4.39 Å². The summed E-state index contributed by atoms with van der Waals surface area (Å²) in [7, 11) is 0. The third-order valence-corrected chi connectivity index (χ3v) is 5.23. The van der Waals surface area contributed by atoms with Crippen molar-refractivity contribution in [3.63, 3.8) is 0 Å². The zero-order chi connectivity index (χ0) is 20.4. The number of fused-ring (bicyclic) bond motifs is 1. The Balaban J connectivity index is 1.59. The average Bonchev–Trinajstić information content (AvgIpc) is 2.73. The number of aromatic nitrogens is 1. The van der Waals surface area contributed by atoms with Crippen LogP contribution in [0.5, 0.6) is 5.75 Å². The minimum absolute atomic E-state index is 0.0619. The van der Waals surface area contributed by atoms with Crippen molar-refractivity contribution < 1.29 is 18.7 Å². The number of pyridine rings is 1. The van der Waals surface area contributed by atoms with E-state index >= 15 is 0 Å². The zero-order valence-corrected chi connectivity index (χ0v) is 16.7. The molecule has 150 valence electrons. The van der Waals surface area contributed by atoms with Gasteiger partial charge in [0.2, 0.25) is 0 Å². The first-order chi connectivity index (χ1) is 14.0. The Kier molecular flexibility index (Phi) is 5.65. The van der Waals surface area contributed by atoms with Crippen molar-refractivity contribution in [3.8, 4) is 16.9 Å². The third-order valence-electron chi connectivity index (χ3n) is 4.92. The molecule has 0 saturated carbocycles. The highest BCUT2D eigenvalue weighted by Gasteiger charge is 2.24. The Morgan fingerprint density at radius 3 is 2.72 bits per heavy atom. The fraction of sp³-hybridized carbons (Fsp3) is 0.273. The van der Waals surface area contributed by atoms with Gasteiger partial charge in [0, 0.05) is 36.3 Å². The molecule has 2 aromatic carbocycles. The maximum atomic E-state index is 13.4. The summed E-state index contributed by atoms with van der Waals surface area (Å²) in [6.45, 7) is 3.99. The average molecular weight is 415 g/mol. The van der Waals surface area contributed by atoms with Gasteiger partial charge in [-0.05, 0) is 48.9 Å². The lowest BCUT2D eigenvalue weighted by molar-refractivity contribution is -0.142. The van der Waals surface area contributed by atoms with Gasteiger partial charge in [-0.3, -0.25) is 9.78 Å². The van der Waals surface area contributed by atoms with E-state index in [2.05, 4.69) is 4.98 Å². The molecule has 2 heterocycles. The molecule has 1 aliphatic heterocycles. The quantitative estimate of drug-likeness (QED) is 0.638. The summed E-state index contributed by atoms with van der Waals surface area (Å²) in [6.07, 6.45) is 1.06. The molecule has 3 aromatic rings. The molecule has 0 spiro atoms. The molecule has 1 fully saturated rings. The van der Waals surface area contributed by atoms with E-state index in [-0.39, 0.29) is 11.7 Å². The van der Waals surface area contributed by atoms with E-state index in [1.54, 1.807) is 36.2 Å². The molecule has 1 atom stereocenters. The molecule has 0 bridgehead atoms. The number of benzene rings is 2. The largest absolute Gasteiger partial charge is 0.481 e. The molecule has 1 saturated heterocycles. The smallest absolute Gasteiger partial charge is 0.263 e. The summed E-state index contributed by atoms with van der Waals surface area (Å²) in [5.74, 6) is 0.112. The van der Waals surface area contributed by atoms with Gasteiger partial charge < -0.3 is 14.4 Å². The second kappa shape index (κ2) is 8.35. The Bertz CT molecular complexity index is 1050. The highest BCUT2D eigenvalue weighted by molar-refractivity contribution is 6.33. The number of morpholine rings is 1. The van der Waals surface area contributed by atoms with Crippen molar-refractivity contribution >= 4 is 28.4 Å². The Labute approximate surface area is 173 Å². The van der Waals surface area contributed by atoms with E-state index in [0.717, 1.165) is 16.5 Å². The van der Waals surface area contributed by atoms with E-state index in [1.165, 1.54) is 12.1 Å². The summed E-state index contributed by atoms with van der Waals surface area (Å²) >= 11 is 6.24. The summed E-state index contributed by atoms with van der Waals surface area (Å²) < 4.78 is 24.6. The molecular weight excluding hydrogens is 395 g/mol. The lowest BCUT2D eigenvalue weighted by Gasteiger charge is -2.29. The molecule has 1 amide bonds. The van der Waals surface area contributed by atoms with Crippen LogP contribution in [0, 0.1) is 5.82 Å². The number of amides is 1. The lowest BCUT2D eigenvalue weighted by atomic mass is 10.0. The number of rotatable bonds is 4. The third kappa shape index (κ3) is 4.18. The van der Waals surface area contributed by atoms with Crippen LogP contribution in [0.2, 0.25) is 5.02 Å². The van der Waals surface area contributed by atoms with Crippen LogP contribution in [0.1, 0.15) is 6.92 Å². The predicted molar refractivity (Wildman–Crippen MR) is 110 cm³/mol. The first-order valence-corrected chi connectivity index (χ1v) is 9.78. The van der Waals surface area contributed by atoms with Crippen molar-refractivity contribution in [3.05, 3.63) is 59.5 Å². The van der Waals surface area contributed by atoms with Crippen molar-refractivity contribution in [2.75, 3.05) is 26.3 Å². The lowest BCUT2D eigenvalue weighted by Crippen LogP contribution is -2.46. The fourth-order valence-corrected chi connectivity index (χ4v) is 3.71. The fourth-order valence-electron chi connectivity index (χ4n) is 3.44. The van der Waals surface area contributed by atoms with Gasteiger partial charge in [0.25, 0.3) is 5.91 Å². The van der Waals surface area contributed by atoms with Crippen LogP contribution in [0.3, 0.4) is 0 Å². The minimum Gasteiger partial charge on any atom is -0.481 e. The molecule has 7 heteroatoms. The Morgan fingerprint density at radius 1 is 1.17 bits per heavy atom. The number of hydrogen-bond donors (Lipinski definition) is 0. The van der Waals surface area contributed by atoms with Crippen LogP contribution in [-0.4, -0.2) is 48.2 Å². The molecule has 1 aromatic heterocycles. The van der Waals surface area contributed by atoms with Gasteiger partial charge in [0.1, 0.15) is 11.6 Å². The molecule has 0 N–H and O–H groups in total. The van der Waals surface area contributed by atoms with Crippen LogP contribution in [0.15, 0.2) is 48.7 Å². The predicted octanol–water partition coefficient (Wildman–Crippen LogP) is 4.32. The first-order valence-electron chi connectivity index (χ1n) is 9.40. The van der Waals surface area contributed by atoms with Gasteiger partial charge >= 0.3 is 0 Å². The Morgan fingerprint density at radius 2 is 1.97 bits per heavy atom. The first kappa shape index (κ1) is 19.6. The summed E-state index contributed by atoms with van der Waals surface area (Å²) in [5.41, 5.74) is 2.28. The van der Waals surface area contributed by atoms with Crippen LogP contribution in [0.4, 0.5) is 4.39 Å². The van der Waals surface area contributed by atoms with E-state index in [0.29, 0.717) is 42.6 Å². The highest BCUT2D eigenvalue weighted by atomic mass is 35.5. The number of nitrogens with zero attached hydrogens (tertiary/aromatic N) is 2. The van der Waals surface area contributed by atoms with Crippen LogP contribution >= 0.6 is 11.6 Å². The van der Waals surface area contributed by atoms with Gasteiger partial charge in [0.05, 0.1) is 23.8 Å². The molecular formula is C22H20ClFN2O3. The van der Waals surface area contributed by atoms with Gasteiger partial charge in [-0.1, -0.05) is 11.6 Å². The van der Waals surface area contributed by atoms with Crippen LogP contribution in [0.25, 0.3) is 22.0 Å². The number of carbonyl (C=O) groups excluding carboxylic acids is 1. The molecule has 0 unspecified atom stereocenters. The molecule has 4 rings (SSSR count). The Hall–Kier alpha value is -2.70. The van der Waals surface area contributed by atoms with E-state index in [1.807, 2.05) is 12.1 Å². The van der Waals surface area contributed by atoms with Gasteiger partial charge in [-0.15, -0.1) is 0 Å². The van der Waals surface area contributed by atoms with Crippen molar-refractivity contribution in [2.24, 2.45) is 0 Å². The molecule has 0 aliphatic carbocycles. The number of halogens is 2. The van der Waals surface area contributed by atoms with E-state index in [4.69, 9.17) is 21.1 Å². The monoisotopic (exact) mass is 414 g/mol. The van der Waals surface area contributed by atoms with Gasteiger partial charge in [0.15, 0.2) is 6.10 Å². The highest BCUT2D eigenvalue weighted by Crippen LogP contribution is 2.34. The number of ether oxygens (including phenoxy) is 2. The minimum atomic E-state index is -0.611. The van der Waals surface area contributed by atoms with Crippen molar-refractivity contribution in [1.82, 2.24) is 9.88 Å². The maximum absolute atomic E-state index is 13.4. The molecule has 5 nitrogen and oxygen atoms in total. The normalized spacial score (nSPS) is 15.3. The number of carbonyl (C=O) groups is 1. The topological polar surface area (TPSA) is 51.7 Å². The number of hydrogen-bond acceptors (Lipinski definition) is 4. The molecule has 1 aliphatic rings. The molecule has 29 heavy (non-hydrogen) atoms. The molecule has 0 radical (unpaired) electrons. The summed E-state index contributed by atoms with van der Waals surface area (Å²) in [5, 5.41) is 1.20. The second-order valence-corrected chi connectivity index (χ2v) is 7.27. The summed E-state index contributed by atoms with van der Waals surface area (Å²) in [6, 6.07) is 11.6. The van der Waals surface area contributed by atoms with E-state index in [9.17, 15) is 9.18 Å². The summed E-state index contributed by atoms with van der Waals surface area (Å²) in [4.78, 5) is 18.7. The van der Waals surface area contributed by atoms with Crippen molar-refractivity contribution in [2.45, 2.75) is 13.0 Å². The maximum Gasteiger partial charge on any atom is 0.263 e. The van der Waals surface area contributed by atoms with Crippen LogP contribution in [-0.2, 0) is 9.53 Å². The SMILES string of the molecule is C[C@@H](Oc1ccc2c(-c3ccc(F)cc3Cl)ccnc2c1)C(=O)N1CCOCC1. The van der Waals surface area contributed by atoms with Gasteiger partial charge in [-0.2, -0.15) is 0 Å². The van der Waals surface area contributed by atoms with Crippen molar-refractivity contribution in [1.29, 1.82) is 0 Å².